The van der Waals surface area contributed by atoms with Crippen molar-refractivity contribution in [2.24, 2.45) is 5.16 Å². The zero-order valence-electron chi connectivity index (χ0n) is 11.5. The minimum atomic E-state index is 0.510. The van der Waals surface area contributed by atoms with E-state index in [-0.39, 0.29) is 0 Å². The molecule has 0 unspecified atom stereocenters. The Labute approximate surface area is 114 Å². The van der Waals surface area contributed by atoms with Crippen molar-refractivity contribution < 1.29 is 4.84 Å². The average molecular weight is 253 g/mol. The predicted molar refractivity (Wildman–Crippen MR) is 79.2 cm³/mol. The summed E-state index contributed by atoms with van der Waals surface area (Å²) in [7, 11) is 0. The van der Waals surface area contributed by atoms with E-state index < -0.39 is 0 Å². The van der Waals surface area contributed by atoms with E-state index in [4.69, 9.17) is 4.84 Å². The van der Waals surface area contributed by atoms with Crippen LogP contribution in [0.1, 0.15) is 30.0 Å². The molecule has 0 heterocycles. The van der Waals surface area contributed by atoms with E-state index >= 15 is 0 Å². The van der Waals surface area contributed by atoms with Gasteiger partial charge in [0.05, 0.1) is 5.71 Å². The van der Waals surface area contributed by atoms with Gasteiger partial charge >= 0.3 is 0 Å². The van der Waals surface area contributed by atoms with E-state index in [2.05, 4.69) is 43.3 Å². The molecule has 0 fully saturated rings. The van der Waals surface area contributed by atoms with Gasteiger partial charge in [0.1, 0.15) is 6.61 Å². The lowest BCUT2D eigenvalue weighted by atomic mass is 10.1. The maximum absolute atomic E-state index is 5.45. The van der Waals surface area contributed by atoms with Gasteiger partial charge in [0.25, 0.3) is 0 Å². The van der Waals surface area contributed by atoms with Gasteiger partial charge in [-0.1, -0.05) is 72.2 Å². The molecule has 0 atom stereocenters. The number of benzene rings is 2. The molecule has 0 saturated carbocycles. The molecule has 0 aliphatic heterocycles. The minimum absolute atomic E-state index is 0.510. The summed E-state index contributed by atoms with van der Waals surface area (Å²) < 4.78 is 0. The zero-order valence-corrected chi connectivity index (χ0v) is 11.5. The highest BCUT2D eigenvalue weighted by Crippen LogP contribution is 2.08. The third-order valence-corrected chi connectivity index (χ3v) is 2.97. The number of hydrogen-bond acceptors (Lipinski definition) is 2. The van der Waals surface area contributed by atoms with Crippen LogP contribution in [0.15, 0.2) is 59.8 Å². The van der Waals surface area contributed by atoms with Crippen LogP contribution in [0.25, 0.3) is 0 Å². The van der Waals surface area contributed by atoms with Crippen molar-refractivity contribution in [1.82, 2.24) is 0 Å². The monoisotopic (exact) mass is 253 g/mol. The van der Waals surface area contributed by atoms with Gasteiger partial charge in [0.15, 0.2) is 0 Å². The van der Waals surface area contributed by atoms with Crippen molar-refractivity contribution in [1.29, 1.82) is 0 Å². The van der Waals surface area contributed by atoms with Crippen LogP contribution in [-0.4, -0.2) is 5.71 Å². The molecule has 0 spiro atoms. The Morgan fingerprint density at radius 1 is 1.00 bits per heavy atom. The van der Waals surface area contributed by atoms with Crippen LogP contribution in [0.5, 0.6) is 0 Å². The van der Waals surface area contributed by atoms with Crippen molar-refractivity contribution in [2.75, 3.05) is 0 Å². The second kappa shape index (κ2) is 6.74. The largest absolute Gasteiger partial charge is 0.391 e. The molecule has 0 radical (unpaired) electrons. The Morgan fingerprint density at radius 3 is 2.32 bits per heavy atom. The molecule has 0 bridgehead atoms. The highest BCUT2D eigenvalue weighted by atomic mass is 16.6. The normalized spacial score (nSPS) is 11.4. The molecule has 2 rings (SSSR count). The first-order chi connectivity index (χ1) is 9.29. The Balaban J connectivity index is 2.01. The lowest BCUT2D eigenvalue weighted by molar-refractivity contribution is 0.130. The average Bonchev–Trinajstić information content (AvgIpc) is 2.46. The molecule has 2 aromatic carbocycles. The van der Waals surface area contributed by atoms with Crippen molar-refractivity contribution in [3.63, 3.8) is 0 Å². The van der Waals surface area contributed by atoms with Gasteiger partial charge < -0.3 is 4.84 Å². The van der Waals surface area contributed by atoms with Crippen molar-refractivity contribution in [3.05, 3.63) is 71.3 Å². The molecule has 0 saturated heterocycles. The molecule has 0 aliphatic carbocycles. The number of oxime groups is 1. The highest BCUT2D eigenvalue weighted by Gasteiger charge is 2.01. The number of hydrogen-bond donors (Lipinski definition) is 0. The van der Waals surface area contributed by atoms with Crippen molar-refractivity contribution in [3.8, 4) is 0 Å². The maximum atomic E-state index is 5.45. The Morgan fingerprint density at radius 2 is 1.68 bits per heavy atom. The van der Waals surface area contributed by atoms with Gasteiger partial charge in [-0.05, 0) is 24.5 Å². The van der Waals surface area contributed by atoms with E-state index in [0.29, 0.717) is 6.61 Å². The fourth-order valence-electron chi connectivity index (χ4n) is 1.83. The summed E-state index contributed by atoms with van der Waals surface area (Å²) in [5.74, 6) is 0. The van der Waals surface area contributed by atoms with Gasteiger partial charge in [-0.25, -0.2) is 0 Å². The van der Waals surface area contributed by atoms with Crippen LogP contribution >= 0.6 is 0 Å². The fraction of sp³-hybridized carbons (Fsp3) is 0.235. The number of nitrogens with zero attached hydrogens (tertiary/aromatic N) is 1. The topological polar surface area (TPSA) is 21.6 Å². The predicted octanol–water partition coefficient (Wildman–Crippen LogP) is 4.33. The second-order valence-corrected chi connectivity index (χ2v) is 4.52. The van der Waals surface area contributed by atoms with Crippen LogP contribution in [0, 0.1) is 6.92 Å². The highest BCUT2D eigenvalue weighted by molar-refractivity contribution is 6.00. The molecular weight excluding hydrogens is 234 g/mol. The Kier molecular flexibility index (Phi) is 4.73. The quantitative estimate of drug-likeness (QED) is 0.574. The van der Waals surface area contributed by atoms with Gasteiger partial charge in [-0.2, -0.15) is 0 Å². The molecule has 0 aliphatic rings. The van der Waals surface area contributed by atoms with Crippen LogP contribution < -0.4 is 0 Å². The molecule has 0 N–H and O–H groups in total. The van der Waals surface area contributed by atoms with E-state index in [9.17, 15) is 0 Å². The van der Waals surface area contributed by atoms with Crippen molar-refractivity contribution >= 4 is 5.71 Å². The minimum Gasteiger partial charge on any atom is -0.391 e. The van der Waals surface area contributed by atoms with E-state index in [1.54, 1.807) is 0 Å². The summed E-state index contributed by atoms with van der Waals surface area (Å²) in [4.78, 5) is 5.45. The summed E-state index contributed by atoms with van der Waals surface area (Å²) in [6.45, 7) is 4.68. The smallest absolute Gasteiger partial charge is 0.142 e. The molecule has 0 aromatic heterocycles. The summed E-state index contributed by atoms with van der Waals surface area (Å²) >= 11 is 0. The molecule has 19 heavy (non-hydrogen) atoms. The lowest BCUT2D eigenvalue weighted by Gasteiger charge is -2.05. The fourth-order valence-corrected chi connectivity index (χ4v) is 1.83. The maximum Gasteiger partial charge on any atom is 0.142 e. The Bertz CT molecular complexity index is 529. The first kappa shape index (κ1) is 13.3. The summed E-state index contributed by atoms with van der Waals surface area (Å²) in [6.07, 6.45) is 0.859. The van der Waals surface area contributed by atoms with Crippen LogP contribution in [-0.2, 0) is 11.4 Å². The first-order valence-corrected chi connectivity index (χ1v) is 6.59. The van der Waals surface area contributed by atoms with Crippen molar-refractivity contribution in [2.45, 2.75) is 26.9 Å². The molecule has 0 amide bonds. The SMILES string of the molecule is CC/C(=N\OCc1ccccc1)c1ccc(C)cc1. The summed E-state index contributed by atoms with van der Waals surface area (Å²) in [5.41, 5.74) is 4.49. The zero-order chi connectivity index (χ0) is 13.5. The third kappa shape index (κ3) is 3.95. The number of aryl methyl sites for hydroxylation is 1. The van der Waals surface area contributed by atoms with E-state index in [1.807, 2.05) is 30.3 Å². The molecule has 2 nitrogen and oxygen atoms in total. The first-order valence-electron chi connectivity index (χ1n) is 6.59. The van der Waals surface area contributed by atoms with Crippen LogP contribution in [0.3, 0.4) is 0 Å². The van der Waals surface area contributed by atoms with Gasteiger partial charge in [-0.3, -0.25) is 0 Å². The summed E-state index contributed by atoms with van der Waals surface area (Å²) in [6, 6.07) is 18.4. The van der Waals surface area contributed by atoms with Gasteiger partial charge in [-0.15, -0.1) is 0 Å². The second-order valence-electron chi connectivity index (χ2n) is 4.52. The number of rotatable bonds is 5. The van der Waals surface area contributed by atoms with Gasteiger partial charge in [0, 0.05) is 0 Å². The lowest BCUT2D eigenvalue weighted by Crippen LogP contribution is -2.00. The molecular formula is C17H19NO. The van der Waals surface area contributed by atoms with E-state index in [0.717, 1.165) is 23.3 Å². The van der Waals surface area contributed by atoms with Gasteiger partial charge in [0.2, 0.25) is 0 Å². The van der Waals surface area contributed by atoms with Crippen LogP contribution in [0.4, 0.5) is 0 Å². The standard InChI is InChI=1S/C17H19NO/c1-3-17(16-11-9-14(2)10-12-16)18-19-13-15-7-5-4-6-8-15/h4-12H,3,13H2,1-2H3/b18-17+. The molecule has 2 heteroatoms. The molecule has 2 aromatic rings. The van der Waals surface area contributed by atoms with Crippen LogP contribution in [0.2, 0.25) is 0 Å². The molecule has 98 valence electrons. The summed E-state index contributed by atoms with van der Waals surface area (Å²) in [5, 5.41) is 4.25. The van der Waals surface area contributed by atoms with E-state index in [1.165, 1.54) is 5.56 Å². The third-order valence-electron chi connectivity index (χ3n) is 2.97. The Hall–Kier alpha value is -2.09.